The molecule has 0 fully saturated rings. The highest BCUT2D eigenvalue weighted by molar-refractivity contribution is 7.93. The zero-order valence-electron chi connectivity index (χ0n) is 26.0. The number of anilines is 2. The second-order valence-electron chi connectivity index (χ2n) is 11.0. The summed E-state index contributed by atoms with van der Waals surface area (Å²) in [5.41, 5.74) is 8.72. The van der Waals surface area contributed by atoms with E-state index < -0.39 is 33.7 Å². The van der Waals surface area contributed by atoms with E-state index in [2.05, 4.69) is 21.9 Å². The molecule has 0 aliphatic rings. The summed E-state index contributed by atoms with van der Waals surface area (Å²) in [6.45, 7) is 1.65. The van der Waals surface area contributed by atoms with Crippen molar-refractivity contribution >= 4 is 38.4 Å². The molecule has 0 amide bonds. The van der Waals surface area contributed by atoms with Crippen molar-refractivity contribution in [2.24, 2.45) is 7.05 Å². The number of nitrogens with zero attached hydrogens (tertiary/aromatic N) is 3. The topological polar surface area (TPSA) is 149 Å². The Hall–Kier alpha value is -4.77. The van der Waals surface area contributed by atoms with Crippen LogP contribution in [-0.4, -0.2) is 40.0 Å². The Balaban J connectivity index is 1.60. The lowest BCUT2D eigenvalue weighted by atomic mass is 10.1. The number of ether oxygens (including phenoxy) is 1. The van der Waals surface area contributed by atoms with E-state index in [1.165, 1.54) is 42.5 Å². The number of carbonyl (C=O) groups is 1. The Morgan fingerprint density at radius 2 is 1.77 bits per heavy atom. The number of sulfonamides is 1. The molecule has 0 aliphatic heterocycles. The molecule has 2 heterocycles. The molecule has 2 aromatic carbocycles. The highest BCUT2D eigenvalue weighted by Gasteiger charge is 2.26. The number of unbranched alkanes of at least 4 members (excludes halogenated alkanes) is 6. The van der Waals surface area contributed by atoms with E-state index >= 15 is 0 Å². The lowest BCUT2D eigenvalue weighted by Crippen LogP contribution is -2.21. The van der Waals surface area contributed by atoms with E-state index in [1.54, 1.807) is 24.9 Å². The van der Waals surface area contributed by atoms with Gasteiger partial charge in [-0.2, -0.15) is 13.9 Å². The predicted molar refractivity (Wildman–Crippen MR) is 174 cm³/mol. The molecule has 4 N–H and O–H groups in total. The number of pyridine rings is 1. The van der Waals surface area contributed by atoms with E-state index in [1.807, 2.05) is 4.72 Å². The number of aromatic nitrogens is 3. The van der Waals surface area contributed by atoms with Crippen LogP contribution in [0.5, 0.6) is 5.75 Å². The third-order valence-corrected chi connectivity index (χ3v) is 8.42. The van der Waals surface area contributed by atoms with Crippen LogP contribution in [0.4, 0.5) is 24.7 Å². The summed E-state index contributed by atoms with van der Waals surface area (Å²) in [6, 6.07) is 9.75. The van der Waals surface area contributed by atoms with Crippen molar-refractivity contribution in [3.05, 3.63) is 65.6 Å². The summed E-state index contributed by atoms with van der Waals surface area (Å²) in [4.78, 5) is 14.9. The predicted octanol–water partition coefficient (Wildman–Crippen LogP) is 7.02. The average molecular weight is 672 g/mol. The molecule has 14 heteroatoms. The fourth-order valence-corrected chi connectivity index (χ4v) is 5.59. The van der Waals surface area contributed by atoms with E-state index in [0.717, 1.165) is 32.1 Å². The van der Waals surface area contributed by atoms with Gasteiger partial charge in [0, 0.05) is 31.6 Å². The number of rotatable bonds is 15. The first-order valence-corrected chi connectivity index (χ1v) is 16.6. The van der Waals surface area contributed by atoms with Crippen LogP contribution in [0.25, 0.3) is 22.2 Å². The van der Waals surface area contributed by atoms with Gasteiger partial charge in [0.05, 0.1) is 22.2 Å². The quantitative estimate of drug-likeness (QED) is 0.0902. The molecule has 2 aromatic heterocycles. The van der Waals surface area contributed by atoms with Crippen molar-refractivity contribution in [3.63, 3.8) is 0 Å². The van der Waals surface area contributed by atoms with Crippen molar-refractivity contribution < 1.29 is 36.2 Å². The number of carboxylic acids is 1. The smallest absolute Gasteiger partial charge is 0.355 e. The van der Waals surface area contributed by atoms with Crippen LogP contribution in [0.15, 0.2) is 48.7 Å². The first-order chi connectivity index (χ1) is 22.4. The molecular weight excluding hydrogens is 635 g/mol. The maximum absolute atomic E-state index is 13.5. The van der Waals surface area contributed by atoms with Crippen LogP contribution in [0.2, 0.25) is 0 Å². The lowest BCUT2D eigenvalue weighted by Gasteiger charge is -2.19. The number of halogens is 3. The third-order valence-electron chi connectivity index (χ3n) is 7.44. The number of hydrogen-bond donors (Lipinski definition) is 3. The summed E-state index contributed by atoms with van der Waals surface area (Å²) >= 11 is 0. The van der Waals surface area contributed by atoms with Crippen molar-refractivity contribution in [2.75, 3.05) is 10.5 Å². The van der Waals surface area contributed by atoms with Gasteiger partial charge in [0.2, 0.25) is 0 Å². The first kappa shape index (κ1) is 35.1. The molecule has 1 atom stereocenters. The number of nitrogens with two attached hydrogens (primary N) is 1. The molecule has 0 radical (unpaired) electrons. The molecule has 47 heavy (non-hydrogen) atoms. The Bertz CT molecular complexity index is 1890. The van der Waals surface area contributed by atoms with Gasteiger partial charge in [-0.05, 0) is 49.6 Å². The molecular formula is C33H36F3N5O5S. The van der Waals surface area contributed by atoms with Gasteiger partial charge in [0.25, 0.3) is 10.0 Å². The number of aryl methyl sites for hydroxylation is 1. The standard InChI is InChI=1S/C33H36F3N5O5S/c1-21(22-13-16-25(34)17-14-22)46-27-19-23(15-18-26(27)40-47(44,45)33(35)36)30-29-31(41(2)39-30)24(20-38-32(29)37)11-9-7-5-3-4-6-8-10-12-28(42)43/h13-21,33,40H,3-8,10,12H2,1-2H3,(H2,37,38)(H,42,43). The normalized spacial score (nSPS) is 12.1. The number of benzene rings is 2. The Morgan fingerprint density at radius 3 is 2.45 bits per heavy atom. The SMILES string of the molecule is CC(Oc1cc(-c2nn(C)c3c(C#CCCCCCCCCC(=O)O)cnc(N)c23)ccc1NS(=O)(=O)C(F)F)c1ccc(F)cc1. The molecule has 0 saturated carbocycles. The van der Waals surface area contributed by atoms with Crippen molar-refractivity contribution in [2.45, 2.75) is 70.2 Å². The monoisotopic (exact) mass is 671 g/mol. The van der Waals surface area contributed by atoms with Crippen LogP contribution in [0, 0.1) is 17.7 Å². The van der Waals surface area contributed by atoms with Crippen molar-refractivity contribution in [1.82, 2.24) is 14.8 Å². The number of nitrogens with one attached hydrogen (secondary N) is 1. The summed E-state index contributed by atoms with van der Waals surface area (Å²) in [6.07, 6.45) is 7.17. The van der Waals surface area contributed by atoms with Crippen LogP contribution in [-0.2, 0) is 21.9 Å². The maximum Gasteiger partial charge on any atom is 0.355 e. The summed E-state index contributed by atoms with van der Waals surface area (Å²) in [5, 5.41) is 13.9. The first-order valence-electron chi connectivity index (χ1n) is 15.1. The van der Waals surface area contributed by atoms with Crippen molar-refractivity contribution in [1.29, 1.82) is 0 Å². The number of carboxylic acid groups (broad SMARTS) is 1. The number of hydrogen-bond acceptors (Lipinski definition) is 7. The zero-order valence-corrected chi connectivity index (χ0v) is 26.8. The Morgan fingerprint density at radius 1 is 1.09 bits per heavy atom. The van der Waals surface area contributed by atoms with Gasteiger partial charge >= 0.3 is 11.7 Å². The van der Waals surface area contributed by atoms with E-state index in [0.29, 0.717) is 46.1 Å². The number of nitrogen functional groups attached to an aromatic ring is 1. The fourth-order valence-electron chi connectivity index (χ4n) is 5.02. The fraction of sp³-hybridized carbons (Fsp3) is 0.364. The second-order valence-corrected chi connectivity index (χ2v) is 12.7. The minimum atomic E-state index is -5.02. The van der Waals surface area contributed by atoms with E-state index in [4.69, 9.17) is 15.6 Å². The minimum absolute atomic E-state index is 0.0632. The van der Waals surface area contributed by atoms with Gasteiger partial charge in [-0.1, -0.05) is 55.7 Å². The van der Waals surface area contributed by atoms with Gasteiger partial charge in [0.1, 0.15) is 29.2 Å². The van der Waals surface area contributed by atoms with Crippen LogP contribution >= 0.6 is 0 Å². The summed E-state index contributed by atoms with van der Waals surface area (Å²) in [5.74, 6) is 1.55. The van der Waals surface area contributed by atoms with E-state index in [9.17, 15) is 26.4 Å². The molecule has 0 spiro atoms. The average Bonchev–Trinajstić information content (AvgIpc) is 3.38. The Kier molecular flexibility index (Phi) is 11.7. The minimum Gasteiger partial charge on any atom is -0.484 e. The van der Waals surface area contributed by atoms with Crippen molar-refractivity contribution in [3.8, 4) is 28.8 Å². The molecule has 10 nitrogen and oxygen atoms in total. The molecule has 250 valence electrons. The molecule has 0 bridgehead atoms. The third kappa shape index (κ3) is 9.16. The highest BCUT2D eigenvalue weighted by Crippen LogP contribution is 2.38. The van der Waals surface area contributed by atoms with Crippen LogP contribution in [0.1, 0.15) is 75.5 Å². The highest BCUT2D eigenvalue weighted by atomic mass is 32.2. The molecule has 0 saturated heterocycles. The van der Waals surface area contributed by atoms with Gasteiger partial charge in [-0.25, -0.2) is 17.8 Å². The van der Waals surface area contributed by atoms with Gasteiger partial charge in [0.15, 0.2) is 0 Å². The molecule has 4 rings (SSSR count). The number of fused-ring (bicyclic) bond motifs is 1. The zero-order chi connectivity index (χ0) is 34.1. The maximum atomic E-state index is 13.5. The lowest BCUT2D eigenvalue weighted by molar-refractivity contribution is -0.137. The number of alkyl halides is 2. The largest absolute Gasteiger partial charge is 0.484 e. The van der Waals surface area contributed by atoms with Crippen LogP contribution in [0.3, 0.4) is 0 Å². The molecule has 4 aromatic rings. The second kappa shape index (κ2) is 15.7. The van der Waals surface area contributed by atoms with E-state index in [-0.39, 0.29) is 23.7 Å². The summed E-state index contributed by atoms with van der Waals surface area (Å²) in [7, 11) is -3.30. The number of aliphatic carboxylic acids is 1. The molecule has 0 aliphatic carbocycles. The Labute approximate surface area is 271 Å². The molecule has 1 unspecified atom stereocenters. The van der Waals surface area contributed by atoms with Gasteiger partial charge < -0.3 is 15.6 Å². The van der Waals surface area contributed by atoms with Gasteiger partial charge in [-0.3, -0.25) is 14.2 Å². The van der Waals surface area contributed by atoms with Gasteiger partial charge in [-0.15, -0.1) is 0 Å². The summed E-state index contributed by atoms with van der Waals surface area (Å²) < 4.78 is 73.6. The van der Waals surface area contributed by atoms with Crippen LogP contribution < -0.4 is 15.2 Å².